The fraction of sp³-hybridized carbons (Fsp3) is 0.286. The Hall–Kier alpha value is -2.57. The molecule has 3 aromatic carbocycles. The molecule has 0 heterocycles. The molecule has 4 nitrogen and oxygen atoms in total. The van der Waals surface area contributed by atoms with Crippen LogP contribution in [0.5, 0.6) is 0 Å². The highest BCUT2D eigenvalue weighted by Gasteiger charge is 2.30. The smallest absolute Gasteiger partial charge is 0.243 e. The first kappa shape index (κ1) is 26.0. The molecule has 1 atom stereocenters. The van der Waals surface area contributed by atoms with Gasteiger partial charge in [0, 0.05) is 29.7 Å². The van der Waals surface area contributed by atoms with Gasteiger partial charge in [0.2, 0.25) is 11.8 Å². The number of thioether (sulfide) groups is 1. The number of nitrogens with zero attached hydrogens (tertiary/aromatic N) is 1. The fourth-order valence-electron chi connectivity index (χ4n) is 3.67. The second-order valence-corrected chi connectivity index (χ2v) is 10.0. The van der Waals surface area contributed by atoms with Crippen molar-refractivity contribution in [2.24, 2.45) is 0 Å². The van der Waals surface area contributed by atoms with Crippen LogP contribution in [0.1, 0.15) is 30.0 Å². The number of halogens is 1. The molecule has 178 valence electrons. The standard InChI is InChI=1S/C28H31BrN2O2S/c1-2-16-30-28(33)26(18-22-10-5-3-6-11-22)31(19-24-14-9-15-25(29)17-24)27(32)21-34-20-23-12-7-4-8-13-23/h3-15,17,26H,2,16,18-21H2,1H3,(H,30,33)/t26-/m1/s1. The molecule has 1 N–H and O–H groups in total. The number of hydrogen-bond acceptors (Lipinski definition) is 3. The summed E-state index contributed by atoms with van der Waals surface area (Å²) >= 11 is 5.10. The summed E-state index contributed by atoms with van der Waals surface area (Å²) < 4.78 is 0.950. The highest BCUT2D eigenvalue weighted by molar-refractivity contribution is 9.10. The van der Waals surface area contributed by atoms with E-state index in [0.29, 0.717) is 25.3 Å². The maximum absolute atomic E-state index is 13.5. The zero-order chi connectivity index (χ0) is 24.2. The van der Waals surface area contributed by atoms with Gasteiger partial charge in [-0.15, -0.1) is 11.8 Å². The Labute approximate surface area is 215 Å². The van der Waals surface area contributed by atoms with E-state index in [0.717, 1.165) is 27.8 Å². The van der Waals surface area contributed by atoms with Crippen molar-refractivity contribution in [3.63, 3.8) is 0 Å². The molecule has 0 aliphatic rings. The highest BCUT2D eigenvalue weighted by atomic mass is 79.9. The molecule has 0 spiro atoms. The number of carbonyl (C=O) groups excluding carboxylic acids is 2. The third-order valence-electron chi connectivity index (χ3n) is 5.40. The van der Waals surface area contributed by atoms with Crippen LogP contribution in [-0.2, 0) is 28.3 Å². The van der Waals surface area contributed by atoms with Crippen LogP contribution in [-0.4, -0.2) is 35.1 Å². The van der Waals surface area contributed by atoms with Gasteiger partial charge in [-0.05, 0) is 35.2 Å². The van der Waals surface area contributed by atoms with Crippen molar-refractivity contribution in [3.05, 3.63) is 106 Å². The van der Waals surface area contributed by atoms with Crippen molar-refractivity contribution >= 4 is 39.5 Å². The summed E-state index contributed by atoms with van der Waals surface area (Å²) in [5.41, 5.74) is 3.20. The largest absolute Gasteiger partial charge is 0.354 e. The van der Waals surface area contributed by atoms with Crippen molar-refractivity contribution in [2.75, 3.05) is 12.3 Å². The summed E-state index contributed by atoms with van der Waals surface area (Å²) in [6, 6.07) is 27.3. The van der Waals surface area contributed by atoms with Gasteiger partial charge >= 0.3 is 0 Å². The van der Waals surface area contributed by atoms with Gasteiger partial charge in [0.15, 0.2) is 0 Å². The predicted octanol–water partition coefficient (Wildman–Crippen LogP) is 5.85. The molecule has 0 aliphatic carbocycles. The average molecular weight is 540 g/mol. The Morgan fingerprint density at radius 3 is 2.21 bits per heavy atom. The van der Waals surface area contributed by atoms with Crippen LogP contribution in [0.2, 0.25) is 0 Å². The van der Waals surface area contributed by atoms with E-state index in [9.17, 15) is 9.59 Å². The zero-order valence-electron chi connectivity index (χ0n) is 19.5. The summed E-state index contributed by atoms with van der Waals surface area (Å²) in [6.07, 6.45) is 1.32. The topological polar surface area (TPSA) is 49.4 Å². The Morgan fingerprint density at radius 2 is 1.56 bits per heavy atom. The quantitative estimate of drug-likeness (QED) is 0.314. The summed E-state index contributed by atoms with van der Waals surface area (Å²) in [5, 5.41) is 3.02. The van der Waals surface area contributed by atoms with E-state index in [4.69, 9.17) is 0 Å². The van der Waals surface area contributed by atoms with E-state index in [1.165, 1.54) is 5.56 Å². The number of benzene rings is 3. The second kappa shape index (κ2) is 14.0. The van der Waals surface area contributed by atoms with Gasteiger partial charge in [0.05, 0.1) is 5.75 Å². The van der Waals surface area contributed by atoms with Crippen LogP contribution >= 0.6 is 27.7 Å². The summed E-state index contributed by atoms with van der Waals surface area (Å²) in [4.78, 5) is 28.6. The summed E-state index contributed by atoms with van der Waals surface area (Å²) in [6.45, 7) is 2.99. The van der Waals surface area contributed by atoms with E-state index in [-0.39, 0.29) is 11.8 Å². The van der Waals surface area contributed by atoms with Gasteiger partial charge < -0.3 is 10.2 Å². The zero-order valence-corrected chi connectivity index (χ0v) is 21.9. The maximum Gasteiger partial charge on any atom is 0.243 e. The number of carbonyl (C=O) groups is 2. The molecule has 0 fully saturated rings. The first-order chi connectivity index (χ1) is 16.6. The Bertz CT molecular complexity index is 1050. The second-order valence-electron chi connectivity index (χ2n) is 8.13. The van der Waals surface area contributed by atoms with E-state index in [1.54, 1.807) is 16.7 Å². The van der Waals surface area contributed by atoms with Gasteiger partial charge in [0.25, 0.3) is 0 Å². The lowest BCUT2D eigenvalue weighted by Gasteiger charge is -2.31. The molecule has 0 unspecified atom stereocenters. The third kappa shape index (κ3) is 8.33. The minimum Gasteiger partial charge on any atom is -0.354 e. The molecule has 0 bridgehead atoms. The lowest BCUT2D eigenvalue weighted by molar-refractivity contribution is -0.139. The van der Waals surface area contributed by atoms with E-state index in [2.05, 4.69) is 33.4 Å². The molecule has 6 heteroatoms. The third-order valence-corrected chi connectivity index (χ3v) is 6.88. The molecule has 0 saturated carbocycles. The van der Waals surface area contributed by atoms with Crippen LogP contribution in [0.15, 0.2) is 89.4 Å². The lowest BCUT2D eigenvalue weighted by atomic mass is 10.0. The normalized spacial score (nSPS) is 11.6. The predicted molar refractivity (Wildman–Crippen MR) is 145 cm³/mol. The number of hydrogen-bond donors (Lipinski definition) is 1. The van der Waals surface area contributed by atoms with Gasteiger partial charge in [-0.25, -0.2) is 0 Å². The monoisotopic (exact) mass is 538 g/mol. The van der Waals surface area contributed by atoms with Gasteiger partial charge in [-0.3, -0.25) is 9.59 Å². The SMILES string of the molecule is CCCNC(=O)[C@@H](Cc1ccccc1)N(Cc1cccc(Br)c1)C(=O)CSCc1ccccc1. The summed E-state index contributed by atoms with van der Waals surface area (Å²) in [5.74, 6) is 0.924. The van der Waals surface area contributed by atoms with E-state index in [1.807, 2.05) is 79.7 Å². The van der Waals surface area contributed by atoms with Crippen LogP contribution < -0.4 is 5.32 Å². The van der Waals surface area contributed by atoms with Gasteiger partial charge in [0.1, 0.15) is 6.04 Å². The van der Waals surface area contributed by atoms with Crippen molar-refractivity contribution in [1.82, 2.24) is 10.2 Å². The number of nitrogens with one attached hydrogen (secondary N) is 1. The van der Waals surface area contributed by atoms with Crippen LogP contribution in [0.3, 0.4) is 0 Å². The Balaban J connectivity index is 1.83. The Morgan fingerprint density at radius 1 is 0.912 bits per heavy atom. The molecule has 34 heavy (non-hydrogen) atoms. The van der Waals surface area contributed by atoms with Crippen molar-refractivity contribution in [2.45, 2.75) is 38.1 Å². The summed E-state index contributed by atoms with van der Waals surface area (Å²) in [7, 11) is 0. The van der Waals surface area contributed by atoms with Crippen LogP contribution in [0, 0.1) is 0 Å². The Kier molecular flexibility index (Phi) is 10.7. The molecule has 2 amide bonds. The molecule has 3 aromatic rings. The number of rotatable bonds is 12. The maximum atomic E-state index is 13.5. The highest BCUT2D eigenvalue weighted by Crippen LogP contribution is 2.20. The van der Waals surface area contributed by atoms with Crippen molar-refractivity contribution < 1.29 is 9.59 Å². The minimum atomic E-state index is -0.585. The van der Waals surface area contributed by atoms with Gasteiger partial charge in [-0.2, -0.15) is 0 Å². The molecule has 0 aliphatic heterocycles. The first-order valence-electron chi connectivity index (χ1n) is 11.5. The van der Waals surface area contributed by atoms with Crippen LogP contribution in [0.25, 0.3) is 0 Å². The van der Waals surface area contributed by atoms with Crippen molar-refractivity contribution in [3.8, 4) is 0 Å². The molecular weight excluding hydrogens is 508 g/mol. The molecule has 0 radical (unpaired) electrons. The van der Waals surface area contributed by atoms with Gasteiger partial charge in [-0.1, -0.05) is 95.7 Å². The molecule has 3 rings (SSSR count). The first-order valence-corrected chi connectivity index (χ1v) is 13.5. The average Bonchev–Trinajstić information content (AvgIpc) is 2.86. The lowest BCUT2D eigenvalue weighted by Crippen LogP contribution is -2.51. The molecule has 0 aromatic heterocycles. The molecular formula is C28H31BrN2O2S. The number of amides is 2. The van der Waals surface area contributed by atoms with E-state index < -0.39 is 6.04 Å². The van der Waals surface area contributed by atoms with Crippen molar-refractivity contribution in [1.29, 1.82) is 0 Å². The van der Waals surface area contributed by atoms with Crippen LogP contribution in [0.4, 0.5) is 0 Å². The van der Waals surface area contributed by atoms with E-state index >= 15 is 0 Å². The fourth-order valence-corrected chi connectivity index (χ4v) is 4.98. The molecule has 0 saturated heterocycles. The minimum absolute atomic E-state index is 0.0338.